The molecule has 0 aliphatic rings. The van der Waals surface area contributed by atoms with Gasteiger partial charge >= 0.3 is 0 Å². The molecule has 1 heterocycles. The lowest BCUT2D eigenvalue weighted by Gasteiger charge is -2.03. The maximum Gasteiger partial charge on any atom is 0.0464 e. The standard InChI is InChI=1S/C12H12BrNS/c1-7-5-10(8(2)15-7)9-3-4-11(13)12(14)6-9/h3-6H,14H2,1-2H3. The van der Waals surface area contributed by atoms with Crippen LogP contribution in [0.15, 0.2) is 28.7 Å². The predicted octanol–water partition coefficient (Wildman–Crippen LogP) is 4.38. The fourth-order valence-electron chi connectivity index (χ4n) is 1.63. The zero-order valence-electron chi connectivity index (χ0n) is 8.67. The molecule has 0 saturated carbocycles. The number of anilines is 1. The molecule has 0 unspecified atom stereocenters. The largest absolute Gasteiger partial charge is 0.398 e. The smallest absolute Gasteiger partial charge is 0.0464 e. The first-order chi connectivity index (χ1) is 7.08. The lowest BCUT2D eigenvalue weighted by atomic mass is 10.1. The summed E-state index contributed by atoms with van der Waals surface area (Å²) in [5.41, 5.74) is 9.14. The van der Waals surface area contributed by atoms with E-state index in [-0.39, 0.29) is 0 Å². The zero-order valence-corrected chi connectivity index (χ0v) is 11.1. The summed E-state index contributed by atoms with van der Waals surface area (Å²) in [6.45, 7) is 4.27. The van der Waals surface area contributed by atoms with Gasteiger partial charge in [0.25, 0.3) is 0 Å². The number of hydrogen-bond donors (Lipinski definition) is 1. The van der Waals surface area contributed by atoms with Crippen molar-refractivity contribution in [2.24, 2.45) is 0 Å². The van der Waals surface area contributed by atoms with E-state index in [0.29, 0.717) is 0 Å². The van der Waals surface area contributed by atoms with Crippen LogP contribution in [0, 0.1) is 13.8 Å². The first kappa shape index (κ1) is 10.7. The highest BCUT2D eigenvalue weighted by Gasteiger charge is 2.06. The molecule has 0 saturated heterocycles. The van der Waals surface area contributed by atoms with Gasteiger partial charge in [0.05, 0.1) is 0 Å². The molecule has 0 spiro atoms. The molecule has 1 aromatic carbocycles. The van der Waals surface area contributed by atoms with E-state index in [1.54, 1.807) is 0 Å². The second-order valence-corrected chi connectivity index (χ2v) is 5.88. The van der Waals surface area contributed by atoms with Crippen molar-refractivity contribution >= 4 is 33.0 Å². The summed E-state index contributed by atoms with van der Waals surface area (Å²) in [7, 11) is 0. The van der Waals surface area contributed by atoms with Crippen LogP contribution < -0.4 is 5.73 Å². The second kappa shape index (κ2) is 3.99. The Labute approximate surface area is 102 Å². The molecule has 1 nitrogen and oxygen atoms in total. The third-order valence-electron chi connectivity index (χ3n) is 2.35. The number of halogens is 1. The highest BCUT2D eigenvalue weighted by molar-refractivity contribution is 9.10. The van der Waals surface area contributed by atoms with Crippen molar-refractivity contribution in [1.29, 1.82) is 0 Å². The van der Waals surface area contributed by atoms with E-state index in [9.17, 15) is 0 Å². The minimum Gasteiger partial charge on any atom is -0.398 e. The minimum atomic E-state index is 0.788. The van der Waals surface area contributed by atoms with Crippen LogP contribution >= 0.6 is 27.3 Å². The zero-order chi connectivity index (χ0) is 11.0. The summed E-state index contributed by atoms with van der Waals surface area (Å²) in [6.07, 6.45) is 0. The van der Waals surface area contributed by atoms with Gasteiger partial charge in [-0.1, -0.05) is 6.07 Å². The van der Waals surface area contributed by atoms with Crippen molar-refractivity contribution in [2.45, 2.75) is 13.8 Å². The molecule has 0 atom stereocenters. The number of hydrogen-bond acceptors (Lipinski definition) is 2. The molecule has 0 aliphatic heterocycles. The Morgan fingerprint density at radius 1 is 1.20 bits per heavy atom. The number of aryl methyl sites for hydroxylation is 2. The highest BCUT2D eigenvalue weighted by Crippen LogP contribution is 2.33. The molecule has 0 amide bonds. The van der Waals surface area contributed by atoms with Crippen LogP contribution in [0.5, 0.6) is 0 Å². The van der Waals surface area contributed by atoms with Gasteiger partial charge in [0, 0.05) is 19.9 Å². The molecule has 0 aliphatic carbocycles. The number of thiophene rings is 1. The van der Waals surface area contributed by atoms with E-state index in [2.05, 4.69) is 41.9 Å². The maximum atomic E-state index is 5.87. The van der Waals surface area contributed by atoms with E-state index < -0.39 is 0 Å². The topological polar surface area (TPSA) is 26.0 Å². The van der Waals surface area contributed by atoms with E-state index in [1.165, 1.54) is 20.9 Å². The Hall–Kier alpha value is -0.800. The summed E-state index contributed by atoms with van der Waals surface area (Å²) in [4.78, 5) is 2.68. The molecule has 2 rings (SSSR count). The van der Waals surface area contributed by atoms with Gasteiger partial charge in [0.1, 0.15) is 0 Å². The summed E-state index contributed by atoms with van der Waals surface area (Å²) < 4.78 is 0.954. The fraction of sp³-hybridized carbons (Fsp3) is 0.167. The lowest BCUT2D eigenvalue weighted by molar-refractivity contribution is 1.55. The Balaban J connectivity index is 2.54. The van der Waals surface area contributed by atoms with Crippen molar-refractivity contribution < 1.29 is 0 Å². The van der Waals surface area contributed by atoms with Gasteiger partial charge in [-0.3, -0.25) is 0 Å². The van der Waals surface area contributed by atoms with Crippen molar-refractivity contribution in [2.75, 3.05) is 5.73 Å². The van der Waals surface area contributed by atoms with Crippen molar-refractivity contribution in [1.82, 2.24) is 0 Å². The average molecular weight is 282 g/mol. The quantitative estimate of drug-likeness (QED) is 0.772. The van der Waals surface area contributed by atoms with Crippen LogP contribution in [-0.4, -0.2) is 0 Å². The number of nitrogen functional groups attached to an aromatic ring is 1. The summed E-state index contributed by atoms with van der Waals surface area (Å²) >= 11 is 5.22. The first-order valence-corrected chi connectivity index (χ1v) is 6.31. The van der Waals surface area contributed by atoms with Crippen molar-refractivity contribution in [3.63, 3.8) is 0 Å². The number of benzene rings is 1. The number of nitrogens with two attached hydrogens (primary N) is 1. The van der Waals surface area contributed by atoms with Gasteiger partial charge in [0.15, 0.2) is 0 Å². The van der Waals surface area contributed by atoms with Crippen LogP contribution in [0.2, 0.25) is 0 Å². The molecule has 3 heteroatoms. The Kier molecular flexibility index (Phi) is 2.85. The molecule has 15 heavy (non-hydrogen) atoms. The summed E-state index contributed by atoms with van der Waals surface area (Å²) in [6, 6.07) is 8.31. The highest BCUT2D eigenvalue weighted by atomic mass is 79.9. The predicted molar refractivity (Wildman–Crippen MR) is 71.3 cm³/mol. The van der Waals surface area contributed by atoms with E-state index in [4.69, 9.17) is 5.73 Å². The second-order valence-electron chi connectivity index (χ2n) is 3.56. The minimum absolute atomic E-state index is 0.788. The molecule has 0 radical (unpaired) electrons. The Bertz CT molecular complexity index is 502. The molecule has 78 valence electrons. The molecular weight excluding hydrogens is 270 g/mol. The van der Waals surface area contributed by atoms with Crippen LogP contribution in [-0.2, 0) is 0 Å². The van der Waals surface area contributed by atoms with E-state index >= 15 is 0 Å². The van der Waals surface area contributed by atoms with Gasteiger partial charge in [-0.05, 0) is 59.1 Å². The van der Waals surface area contributed by atoms with Gasteiger partial charge in [-0.15, -0.1) is 11.3 Å². The molecule has 0 fully saturated rings. The summed E-state index contributed by atoms with van der Waals surface area (Å²) in [5, 5.41) is 0. The van der Waals surface area contributed by atoms with Crippen LogP contribution in [0.3, 0.4) is 0 Å². The van der Waals surface area contributed by atoms with Gasteiger partial charge in [-0.2, -0.15) is 0 Å². The summed E-state index contributed by atoms with van der Waals surface area (Å²) in [5.74, 6) is 0. The molecule has 0 bridgehead atoms. The normalized spacial score (nSPS) is 10.6. The van der Waals surface area contributed by atoms with Crippen LogP contribution in [0.4, 0.5) is 5.69 Å². The number of rotatable bonds is 1. The average Bonchev–Trinajstić information content (AvgIpc) is 2.50. The third kappa shape index (κ3) is 2.08. The third-order valence-corrected chi connectivity index (χ3v) is 4.04. The van der Waals surface area contributed by atoms with Gasteiger partial charge in [-0.25, -0.2) is 0 Å². The molecule has 1 aromatic heterocycles. The van der Waals surface area contributed by atoms with Gasteiger partial charge in [0.2, 0.25) is 0 Å². The van der Waals surface area contributed by atoms with Crippen molar-refractivity contribution in [3.05, 3.63) is 38.5 Å². The SMILES string of the molecule is Cc1cc(-c2ccc(Br)c(N)c2)c(C)s1. The monoisotopic (exact) mass is 281 g/mol. The molecule has 2 N–H and O–H groups in total. The van der Waals surface area contributed by atoms with Crippen LogP contribution in [0.25, 0.3) is 11.1 Å². The van der Waals surface area contributed by atoms with Gasteiger partial charge < -0.3 is 5.73 Å². The maximum absolute atomic E-state index is 5.87. The molecular formula is C12H12BrNS. The lowest BCUT2D eigenvalue weighted by Crippen LogP contribution is -1.87. The van der Waals surface area contributed by atoms with E-state index in [1.807, 2.05) is 23.5 Å². The van der Waals surface area contributed by atoms with Crippen LogP contribution in [0.1, 0.15) is 9.75 Å². The van der Waals surface area contributed by atoms with E-state index in [0.717, 1.165) is 10.2 Å². The Morgan fingerprint density at radius 3 is 2.47 bits per heavy atom. The first-order valence-electron chi connectivity index (χ1n) is 4.70. The van der Waals surface area contributed by atoms with Crippen molar-refractivity contribution in [3.8, 4) is 11.1 Å². The molecule has 2 aromatic rings. The Morgan fingerprint density at radius 2 is 1.93 bits per heavy atom. The fourth-order valence-corrected chi connectivity index (χ4v) is 2.82.